The highest BCUT2D eigenvalue weighted by molar-refractivity contribution is 8.00. The Morgan fingerprint density at radius 1 is 1.09 bits per heavy atom. The highest BCUT2D eigenvalue weighted by atomic mass is 32.2. The van der Waals surface area contributed by atoms with Gasteiger partial charge in [-0.3, -0.25) is 9.59 Å². The van der Waals surface area contributed by atoms with Gasteiger partial charge in [0.1, 0.15) is 0 Å². The van der Waals surface area contributed by atoms with Crippen molar-refractivity contribution in [1.82, 2.24) is 0 Å². The molecule has 0 aromatic rings. The van der Waals surface area contributed by atoms with Crippen LogP contribution in [0.25, 0.3) is 0 Å². The minimum Gasteiger partial charge on any atom is -0.468 e. The van der Waals surface area contributed by atoms with Crippen molar-refractivity contribution in [2.75, 3.05) is 19.5 Å². The standard InChI is InChI=1S/C15H26O6S/c1-8-20-13(18)21-12(17)15(10(2)3,11(16)19-7)9-22-14(4,5)6/h10H,8-9H2,1-7H3/t15-/m0/s1. The van der Waals surface area contributed by atoms with E-state index in [0.717, 1.165) is 0 Å². The third kappa shape index (κ3) is 5.51. The van der Waals surface area contributed by atoms with Gasteiger partial charge in [0.05, 0.1) is 13.7 Å². The Balaban J connectivity index is 5.49. The largest absolute Gasteiger partial charge is 0.516 e. The molecule has 0 saturated carbocycles. The van der Waals surface area contributed by atoms with Gasteiger partial charge in [-0.1, -0.05) is 34.6 Å². The van der Waals surface area contributed by atoms with Crippen LogP contribution in [-0.4, -0.2) is 42.3 Å². The Morgan fingerprint density at radius 3 is 2.00 bits per heavy atom. The van der Waals surface area contributed by atoms with E-state index in [-0.39, 0.29) is 17.1 Å². The summed E-state index contributed by atoms with van der Waals surface area (Å²) in [6.45, 7) is 11.0. The summed E-state index contributed by atoms with van der Waals surface area (Å²) in [4.78, 5) is 36.2. The first-order valence-corrected chi connectivity index (χ1v) is 8.11. The number of esters is 2. The van der Waals surface area contributed by atoms with Gasteiger partial charge in [0.2, 0.25) is 0 Å². The Hall–Kier alpha value is -1.24. The van der Waals surface area contributed by atoms with Crippen molar-refractivity contribution in [3.8, 4) is 0 Å². The van der Waals surface area contributed by atoms with E-state index in [9.17, 15) is 14.4 Å². The first-order valence-electron chi connectivity index (χ1n) is 7.12. The highest BCUT2D eigenvalue weighted by Gasteiger charge is 2.52. The molecule has 0 unspecified atom stereocenters. The van der Waals surface area contributed by atoms with Gasteiger partial charge in [-0.15, -0.1) is 0 Å². The average Bonchev–Trinajstić information content (AvgIpc) is 2.37. The number of methoxy groups -OCH3 is 1. The Bertz CT molecular complexity index is 413. The lowest BCUT2D eigenvalue weighted by Crippen LogP contribution is -2.49. The van der Waals surface area contributed by atoms with Crippen LogP contribution in [0.5, 0.6) is 0 Å². The first-order chi connectivity index (χ1) is 10.0. The summed E-state index contributed by atoms with van der Waals surface area (Å²) >= 11 is 1.43. The van der Waals surface area contributed by atoms with Gasteiger partial charge >= 0.3 is 18.1 Å². The van der Waals surface area contributed by atoms with Gasteiger partial charge in [-0.25, -0.2) is 4.79 Å². The lowest BCUT2D eigenvalue weighted by molar-refractivity contribution is -0.169. The van der Waals surface area contributed by atoms with E-state index in [1.807, 2.05) is 20.8 Å². The van der Waals surface area contributed by atoms with Gasteiger partial charge in [-0.05, 0) is 12.8 Å². The minimum absolute atomic E-state index is 0.0791. The molecule has 0 bridgehead atoms. The molecule has 0 aromatic carbocycles. The average molecular weight is 334 g/mol. The summed E-state index contributed by atoms with van der Waals surface area (Å²) in [6, 6.07) is 0. The zero-order chi connectivity index (χ0) is 17.6. The molecule has 0 aliphatic carbocycles. The molecule has 0 N–H and O–H groups in total. The molecule has 0 rings (SSSR count). The van der Waals surface area contributed by atoms with Crippen LogP contribution in [0.2, 0.25) is 0 Å². The monoisotopic (exact) mass is 334 g/mol. The second-order valence-corrected chi connectivity index (χ2v) is 7.89. The molecule has 0 heterocycles. The number of carbonyl (C=O) groups is 3. The van der Waals surface area contributed by atoms with Crippen LogP contribution in [0.15, 0.2) is 0 Å². The summed E-state index contributed by atoms with van der Waals surface area (Å²) in [5.41, 5.74) is -1.56. The maximum atomic E-state index is 12.5. The molecule has 0 aromatic heterocycles. The predicted octanol–water partition coefficient (Wildman–Crippen LogP) is 3.03. The van der Waals surface area contributed by atoms with Crippen molar-refractivity contribution in [2.45, 2.75) is 46.3 Å². The van der Waals surface area contributed by atoms with Gasteiger partial charge in [0.25, 0.3) is 0 Å². The number of rotatable bonds is 6. The molecule has 1 atom stereocenters. The van der Waals surface area contributed by atoms with Gasteiger partial charge in [-0.2, -0.15) is 11.8 Å². The molecular formula is C15H26O6S. The molecule has 22 heavy (non-hydrogen) atoms. The van der Waals surface area contributed by atoms with E-state index < -0.39 is 29.4 Å². The molecule has 6 nitrogen and oxygen atoms in total. The van der Waals surface area contributed by atoms with E-state index in [1.165, 1.54) is 18.9 Å². The quantitative estimate of drug-likeness (QED) is 0.545. The second kappa shape index (κ2) is 8.41. The molecule has 0 aliphatic rings. The summed E-state index contributed by atoms with van der Waals surface area (Å²) in [5.74, 6) is -1.91. The Labute approximate surface area is 136 Å². The van der Waals surface area contributed by atoms with Crippen LogP contribution in [-0.2, 0) is 23.8 Å². The lowest BCUT2D eigenvalue weighted by atomic mass is 9.79. The van der Waals surface area contributed by atoms with Crippen molar-refractivity contribution >= 4 is 29.9 Å². The van der Waals surface area contributed by atoms with E-state index >= 15 is 0 Å². The molecule has 7 heteroatoms. The van der Waals surface area contributed by atoms with Crippen LogP contribution in [0.3, 0.4) is 0 Å². The smallest absolute Gasteiger partial charge is 0.468 e. The third-order valence-electron chi connectivity index (χ3n) is 3.07. The highest BCUT2D eigenvalue weighted by Crippen LogP contribution is 2.39. The van der Waals surface area contributed by atoms with Crippen molar-refractivity contribution in [3.05, 3.63) is 0 Å². The van der Waals surface area contributed by atoms with E-state index in [2.05, 4.69) is 4.74 Å². The van der Waals surface area contributed by atoms with Gasteiger partial charge in [0.15, 0.2) is 5.41 Å². The zero-order valence-electron chi connectivity index (χ0n) is 14.3. The predicted molar refractivity (Wildman–Crippen MR) is 84.6 cm³/mol. The summed E-state index contributed by atoms with van der Waals surface area (Å²) < 4.78 is 13.9. The van der Waals surface area contributed by atoms with Crippen LogP contribution in [0.1, 0.15) is 41.5 Å². The van der Waals surface area contributed by atoms with Gasteiger partial charge < -0.3 is 14.2 Å². The molecule has 0 spiro atoms. The molecular weight excluding hydrogens is 308 g/mol. The maximum absolute atomic E-state index is 12.5. The van der Waals surface area contributed by atoms with Crippen LogP contribution >= 0.6 is 11.8 Å². The van der Waals surface area contributed by atoms with E-state index in [4.69, 9.17) is 9.47 Å². The number of hydrogen-bond acceptors (Lipinski definition) is 7. The number of hydrogen-bond donors (Lipinski definition) is 0. The van der Waals surface area contributed by atoms with Crippen molar-refractivity contribution in [3.63, 3.8) is 0 Å². The van der Waals surface area contributed by atoms with Gasteiger partial charge in [0, 0.05) is 10.5 Å². The third-order valence-corrected chi connectivity index (χ3v) is 4.54. The van der Waals surface area contributed by atoms with Crippen molar-refractivity contribution in [1.29, 1.82) is 0 Å². The fourth-order valence-electron chi connectivity index (χ4n) is 1.67. The maximum Gasteiger partial charge on any atom is 0.516 e. The molecule has 128 valence electrons. The van der Waals surface area contributed by atoms with E-state index in [1.54, 1.807) is 20.8 Å². The molecule has 0 fully saturated rings. The van der Waals surface area contributed by atoms with Crippen LogP contribution in [0, 0.1) is 11.3 Å². The Kier molecular flexibility index (Phi) is 7.93. The second-order valence-electron chi connectivity index (χ2n) is 6.09. The molecule has 0 aliphatic heterocycles. The van der Waals surface area contributed by atoms with E-state index in [0.29, 0.717) is 0 Å². The summed E-state index contributed by atoms with van der Waals surface area (Å²) in [5, 5.41) is 0. The Morgan fingerprint density at radius 2 is 1.64 bits per heavy atom. The van der Waals surface area contributed by atoms with Crippen molar-refractivity contribution in [2.24, 2.45) is 11.3 Å². The normalized spacial score (nSPS) is 14.2. The SMILES string of the molecule is CCOC(=O)OC(=O)[C@](CSC(C)(C)C)(C(=O)OC)C(C)C. The number of ether oxygens (including phenoxy) is 3. The molecule has 0 amide bonds. The molecule has 0 radical (unpaired) electrons. The molecule has 0 saturated heterocycles. The summed E-state index contributed by atoms with van der Waals surface area (Å²) in [6.07, 6.45) is -1.11. The lowest BCUT2D eigenvalue weighted by Gasteiger charge is -2.33. The van der Waals surface area contributed by atoms with Crippen LogP contribution < -0.4 is 0 Å². The van der Waals surface area contributed by atoms with Crippen LogP contribution in [0.4, 0.5) is 4.79 Å². The minimum atomic E-state index is -1.56. The summed E-state index contributed by atoms with van der Waals surface area (Å²) in [7, 11) is 1.21. The van der Waals surface area contributed by atoms with Crippen molar-refractivity contribution < 1.29 is 28.6 Å². The topological polar surface area (TPSA) is 78.9 Å². The number of carbonyl (C=O) groups excluding carboxylic acids is 3. The fraction of sp³-hybridized carbons (Fsp3) is 0.800. The zero-order valence-corrected chi connectivity index (χ0v) is 15.2. The fourth-order valence-corrected chi connectivity index (χ4v) is 2.90. The first kappa shape index (κ1) is 20.8. The number of thioether (sulfide) groups is 1.